The van der Waals surface area contributed by atoms with Crippen molar-refractivity contribution in [2.24, 2.45) is 5.73 Å². The highest BCUT2D eigenvalue weighted by Gasteiger charge is 2.38. The molecule has 1 atom stereocenters. The number of nitrogens with zero attached hydrogens (tertiary/aromatic N) is 5. The molecule has 3 aromatic heterocycles. The van der Waals surface area contributed by atoms with Crippen molar-refractivity contribution in [2.75, 3.05) is 24.1 Å². The van der Waals surface area contributed by atoms with Gasteiger partial charge in [0, 0.05) is 24.7 Å². The summed E-state index contributed by atoms with van der Waals surface area (Å²) < 4.78 is 36.4. The first-order chi connectivity index (χ1) is 17.5. The number of nitrogens with two attached hydrogens (primary N) is 2. The summed E-state index contributed by atoms with van der Waals surface area (Å²) in [7, 11) is 0. The molecule has 0 saturated carbocycles. The smallest absolute Gasteiger partial charge is 0.475 e. The molecule has 2 amide bonds. The van der Waals surface area contributed by atoms with Crippen LogP contribution in [0.2, 0.25) is 0 Å². The largest absolute Gasteiger partial charge is 0.490 e. The number of rotatable bonds is 3. The number of H-pyrrole nitrogens is 1. The number of carboxylic acids is 1. The van der Waals surface area contributed by atoms with Crippen LogP contribution in [-0.4, -0.2) is 72.6 Å². The fourth-order valence-electron chi connectivity index (χ4n) is 3.54. The van der Waals surface area contributed by atoms with Crippen LogP contribution in [-0.2, 0) is 4.79 Å². The Labute approximate surface area is 205 Å². The van der Waals surface area contributed by atoms with Crippen molar-refractivity contribution in [3.63, 3.8) is 0 Å². The number of imidazole rings is 1. The SMILES string of the molecule is Nc1nonc1-c1nc2c(NC(=O)N3CCC(N)C3)cnc(-c3ccccc3)c2[nH]1.O=C(O)C(F)(F)F. The summed E-state index contributed by atoms with van der Waals surface area (Å²) in [6.07, 6.45) is -2.72. The number of hydrogen-bond acceptors (Lipinski definition) is 9. The molecular weight excluding hydrogens is 499 g/mol. The highest BCUT2D eigenvalue weighted by Crippen LogP contribution is 2.32. The Morgan fingerprint density at radius 1 is 1.19 bits per heavy atom. The normalized spacial score (nSPS) is 15.4. The molecule has 1 aliphatic heterocycles. The van der Waals surface area contributed by atoms with Crippen LogP contribution in [0, 0.1) is 0 Å². The highest BCUT2D eigenvalue weighted by molar-refractivity contribution is 6.03. The number of aromatic amines is 1. The molecule has 0 aliphatic carbocycles. The molecule has 0 radical (unpaired) electrons. The molecule has 1 fully saturated rings. The van der Waals surface area contributed by atoms with Crippen LogP contribution in [0.25, 0.3) is 33.8 Å². The number of likely N-dealkylation sites (tertiary alicyclic amines) is 1. The second-order valence-corrected chi connectivity index (χ2v) is 7.92. The van der Waals surface area contributed by atoms with E-state index < -0.39 is 12.1 Å². The molecule has 0 bridgehead atoms. The summed E-state index contributed by atoms with van der Waals surface area (Å²) in [6.45, 7) is 1.12. The molecule has 13 nitrogen and oxygen atoms in total. The number of anilines is 2. The maximum atomic E-state index is 12.7. The summed E-state index contributed by atoms with van der Waals surface area (Å²) in [5, 5.41) is 17.4. The predicted octanol–water partition coefficient (Wildman–Crippen LogP) is 2.46. The summed E-state index contributed by atoms with van der Waals surface area (Å²) in [5.41, 5.74) is 15.2. The number of carbonyl (C=O) groups excluding carboxylic acids is 1. The number of aromatic nitrogens is 5. The predicted molar refractivity (Wildman–Crippen MR) is 124 cm³/mol. The molecule has 1 unspecified atom stereocenters. The average Bonchev–Trinajstić information content (AvgIpc) is 3.59. The van der Waals surface area contributed by atoms with Gasteiger partial charge in [0.2, 0.25) is 0 Å². The standard InChI is InChI=1S/C19H19N9O2.C2HF3O2/c20-11-6-7-28(9-11)19(29)23-12-8-22-13(10-4-2-1-3-5-10)15-14(12)24-18(25-15)16-17(21)27-30-26-16;3-2(4,5)1(6)7/h1-5,8,11H,6-7,9,20H2,(H2,21,27)(H,23,29)(H,24,25);(H,6,7). The third-order valence-corrected chi connectivity index (χ3v) is 5.30. The van der Waals surface area contributed by atoms with Crippen molar-refractivity contribution in [1.82, 2.24) is 30.2 Å². The van der Waals surface area contributed by atoms with Gasteiger partial charge in [-0.05, 0) is 16.7 Å². The molecule has 4 heterocycles. The Kier molecular flexibility index (Phi) is 6.92. The Morgan fingerprint density at radius 2 is 1.89 bits per heavy atom. The van der Waals surface area contributed by atoms with Gasteiger partial charge in [-0.2, -0.15) is 13.2 Å². The van der Waals surface area contributed by atoms with E-state index in [4.69, 9.17) is 26.0 Å². The van der Waals surface area contributed by atoms with Crippen LogP contribution >= 0.6 is 0 Å². The Bertz CT molecular complexity index is 1420. The minimum atomic E-state index is -5.08. The first-order valence-electron chi connectivity index (χ1n) is 10.7. The number of nitrogens with one attached hydrogen (secondary N) is 2. The van der Waals surface area contributed by atoms with Gasteiger partial charge in [0.15, 0.2) is 17.3 Å². The van der Waals surface area contributed by atoms with Crippen molar-refractivity contribution in [3.8, 4) is 22.8 Å². The second kappa shape index (κ2) is 10.1. The topological polar surface area (TPSA) is 202 Å². The number of amides is 2. The van der Waals surface area contributed by atoms with Gasteiger partial charge in [-0.15, -0.1) is 0 Å². The maximum Gasteiger partial charge on any atom is 0.490 e. The minimum absolute atomic E-state index is 0.00558. The summed E-state index contributed by atoms with van der Waals surface area (Å²) in [4.78, 5) is 35.6. The Morgan fingerprint density at radius 3 is 2.46 bits per heavy atom. The third kappa shape index (κ3) is 5.58. The van der Waals surface area contributed by atoms with E-state index in [1.807, 2.05) is 30.3 Å². The van der Waals surface area contributed by atoms with Crippen LogP contribution in [0.4, 0.5) is 29.5 Å². The molecule has 1 aromatic carbocycles. The maximum absolute atomic E-state index is 12.7. The van der Waals surface area contributed by atoms with E-state index in [9.17, 15) is 18.0 Å². The number of fused-ring (bicyclic) bond motifs is 1. The lowest BCUT2D eigenvalue weighted by Gasteiger charge is -2.17. The second-order valence-electron chi connectivity index (χ2n) is 7.92. The lowest BCUT2D eigenvalue weighted by atomic mass is 10.1. The molecule has 194 valence electrons. The number of carbonyl (C=O) groups is 2. The van der Waals surface area contributed by atoms with Crippen molar-refractivity contribution in [2.45, 2.75) is 18.6 Å². The van der Waals surface area contributed by atoms with E-state index in [1.165, 1.54) is 0 Å². The Balaban J connectivity index is 0.000000405. The van der Waals surface area contributed by atoms with Crippen molar-refractivity contribution in [3.05, 3.63) is 36.5 Å². The number of carboxylic acid groups (broad SMARTS) is 1. The van der Waals surface area contributed by atoms with E-state index in [0.717, 1.165) is 12.0 Å². The summed E-state index contributed by atoms with van der Waals surface area (Å²) in [5.74, 6) is -2.28. The quantitative estimate of drug-likeness (QED) is 0.267. The summed E-state index contributed by atoms with van der Waals surface area (Å²) in [6, 6.07) is 9.41. The number of urea groups is 1. The monoisotopic (exact) mass is 519 g/mol. The van der Waals surface area contributed by atoms with E-state index in [-0.39, 0.29) is 23.6 Å². The molecule has 5 rings (SSSR count). The molecule has 1 aliphatic rings. The summed E-state index contributed by atoms with van der Waals surface area (Å²) >= 11 is 0. The van der Waals surface area contributed by atoms with E-state index >= 15 is 0 Å². The van der Waals surface area contributed by atoms with Gasteiger partial charge >= 0.3 is 18.2 Å². The fourth-order valence-corrected chi connectivity index (χ4v) is 3.54. The lowest BCUT2D eigenvalue weighted by molar-refractivity contribution is -0.192. The molecule has 7 N–H and O–H groups in total. The van der Waals surface area contributed by atoms with Crippen molar-refractivity contribution < 1.29 is 32.5 Å². The number of nitrogen functional groups attached to an aromatic ring is 1. The fraction of sp³-hybridized carbons (Fsp3) is 0.238. The number of halogens is 3. The molecule has 0 spiro atoms. The van der Waals surface area contributed by atoms with Crippen LogP contribution in [0.3, 0.4) is 0 Å². The Hall–Kier alpha value is -4.73. The number of alkyl halides is 3. The first kappa shape index (κ1) is 25.4. The zero-order valence-corrected chi connectivity index (χ0v) is 18.9. The number of aliphatic carboxylic acids is 1. The van der Waals surface area contributed by atoms with Crippen LogP contribution in [0.15, 0.2) is 41.2 Å². The van der Waals surface area contributed by atoms with Crippen molar-refractivity contribution >= 4 is 34.5 Å². The third-order valence-electron chi connectivity index (χ3n) is 5.30. The molecule has 37 heavy (non-hydrogen) atoms. The molecule has 16 heteroatoms. The number of pyridine rings is 1. The minimum Gasteiger partial charge on any atom is -0.475 e. The van der Waals surface area contributed by atoms with Gasteiger partial charge in [-0.25, -0.2) is 19.2 Å². The molecule has 1 saturated heterocycles. The lowest BCUT2D eigenvalue weighted by Crippen LogP contribution is -2.35. The number of hydrogen-bond donors (Lipinski definition) is 5. The average molecular weight is 519 g/mol. The van der Waals surface area contributed by atoms with Crippen LogP contribution < -0.4 is 16.8 Å². The van der Waals surface area contributed by atoms with Gasteiger partial charge < -0.3 is 31.8 Å². The van der Waals surface area contributed by atoms with Gasteiger partial charge in [0.1, 0.15) is 5.52 Å². The zero-order valence-electron chi connectivity index (χ0n) is 18.9. The van der Waals surface area contributed by atoms with Gasteiger partial charge in [0.05, 0.1) is 23.1 Å². The van der Waals surface area contributed by atoms with Gasteiger partial charge in [-0.3, -0.25) is 4.98 Å². The first-order valence-corrected chi connectivity index (χ1v) is 10.7. The van der Waals surface area contributed by atoms with Gasteiger partial charge in [0.25, 0.3) is 0 Å². The van der Waals surface area contributed by atoms with E-state index in [2.05, 4.69) is 30.6 Å². The van der Waals surface area contributed by atoms with E-state index in [1.54, 1.807) is 11.1 Å². The number of benzene rings is 1. The van der Waals surface area contributed by atoms with E-state index in [0.29, 0.717) is 41.3 Å². The van der Waals surface area contributed by atoms with Crippen LogP contribution in [0.1, 0.15) is 6.42 Å². The molecular formula is C21H20F3N9O4. The van der Waals surface area contributed by atoms with Crippen LogP contribution in [0.5, 0.6) is 0 Å². The van der Waals surface area contributed by atoms with Gasteiger partial charge in [-0.1, -0.05) is 30.3 Å². The zero-order chi connectivity index (χ0) is 26.7. The molecule has 4 aromatic rings. The highest BCUT2D eigenvalue weighted by atomic mass is 19.4. The van der Waals surface area contributed by atoms with Crippen molar-refractivity contribution in [1.29, 1.82) is 0 Å².